The molecule has 16 heteroatoms. The second-order valence-corrected chi connectivity index (χ2v) is 15.2. The largest absolute Gasteiger partial charge is 0.452 e. The zero-order chi connectivity index (χ0) is 44.5. The van der Waals surface area contributed by atoms with Crippen LogP contribution in [0, 0.1) is 0 Å². The van der Waals surface area contributed by atoms with Gasteiger partial charge in [-0.1, -0.05) is 72.8 Å². The number of carbonyl (C=O) groups excluding carboxylic acids is 4. The number of nitrogens with zero attached hydrogens (tertiary/aromatic N) is 6. The highest BCUT2D eigenvalue weighted by atomic mass is 35.5. The average molecular weight is 928 g/mol. The molecule has 0 atom stereocenters. The molecule has 3 heterocycles. The highest BCUT2D eigenvalue weighted by Gasteiger charge is 2.25. The molecule has 66 heavy (non-hydrogen) atoms. The molecule has 8 bridgehead atoms. The van der Waals surface area contributed by atoms with Gasteiger partial charge in [-0.15, -0.1) is 24.8 Å². The lowest BCUT2D eigenvalue weighted by molar-refractivity contribution is 0.177. The molecule has 0 saturated heterocycles. The molecule has 1 aliphatic heterocycles. The molecule has 14 nitrogen and oxygen atoms in total. The molecule has 0 aliphatic carbocycles. The fourth-order valence-corrected chi connectivity index (χ4v) is 8.17. The summed E-state index contributed by atoms with van der Waals surface area (Å²) in [5.74, 6) is 0. The molecule has 0 spiro atoms. The van der Waals surface area contributed by atoms with E-state index in [1.165, 1.54) is 48.0 Å². The van der Waals surface area contributed by atoms with Crippen molar-refractivity contribution in [3.63, 3.8) is 0 Å². The van der Waals surface area contributed by atoms with Gasteiger partial charge in [0.1, 0.15) is 0 Å². The summed E-state index contributed by atoms with van der Waals surface area (Å²) in [5.41, 5.74) is 7.60. The summed E-state index contributed by atoms with van der Waals surface area (Å²) in [7, 11) is 5.32. The van der Waals surface area contributed by atoms with Crippen molar-refractivity contribution in [3.8, 4) is 0 Å². The molecule has 2 aromatic heterocycles. The third-order valence-corrected chi connectivity index (χ3v) is 11.5. The number of pyridine rings is 2. The molecule has 336 valence electrons. The molecule has 0 N–H and O–H groups in total. The number of amides is 4. The lowest BCUT2D eigenvalue weighted by atomic mass is 10.0. The monoisotopic (exact) mass is 926 g/mol. The minimum absolute atomic E-state index is 0. The molecule has 9 rings (SSSR count). The predicted molar refractivity (Wildman–Crippen MR) is 260 cm³/mol. The third-order valence-electron chi connectivity index (χ3n) is 11.5. The highest BCUT2D eigenvalue weighted by Crippen LogP contribution is 2.33. The Bertz CT molecular complexity index is 2760. The predicted octanol–water partition coefficient (Wildman–Crippen LogP) is 11.3. The number of hydrogen-bond acceptors (Lipinski definition) is 10. The number of aromatic nitrogens is 2. The summed E-state index contributed by atoms with van der Waals surface area (Å²) in [5, 5.41) is 3.34. The summed E-state index contributed by atoms with van der Waals surface area (Å²) < 4.78 is 21.2. The minimum atomic E-state index is -0.588. The maximum absolute atomic E-state index is 13.6. The molecular weight excluding hydrogens is 883 g/mol. The molecule has 0 saturated carbocycles. The van der Waals surface area contributed by atoms with Crippen LogP contribution < -0.4 is 19.6 Å². The summed E-state index contributed by atoms with van der Waals surface area (Å²) in [6.07, 6.45) is -2.35. The highest BCUT2D eigenvalue weighted by molar-refractivity contribution is 6.00. The van der Waals surface area contributed by atoms with Crippen LogP contribution in [0.3, 0.4) is 0 Å². The van der Waals surface area contributed by atoms with Crippen molar-refractivity contribution in [2.45, 2.75) is 26.2 Å². The standard InChI is InChI=1S/C50H42N6O8.2ClH/c1-61-47(57)53-27-35-9-5-6-10-36(35)28-54(48(58)62-2)40-18-15-33-22-34-16-20-42(26-46(34)52-45(33)25-40)56(50(60)64-4)30-38-12-8-7-11-37(38)29-55(49(59)63-3)41-19-14-32-21-31-13-17-39(53)23-43(31)51-44(32)24-41;;/h5-26H,27-30H2,1-4H3;2*1H. The van der Waals surface area contributed by atoms with Gasteiger partial charge in [-0.2, -0.15) is 0 Å². The Morgan fingerprint density at radius 3 is 0.803 bits per heavy atom. The van der Waals surface area contributed by atoms with Crippen LogP contribution >= 0.6 is 24.8 Å². The smallest absolute Gasteiger partial charge is 0.414 e. The van der Waals surface area contributed by atoms with E-state index >= 15 is 0 Å². The van der Waals surface area contributed by atoms with Crippen LogP contribution in [0.1, 0.15) is 22.3 Å². The summed E-state index contributed by atoms with van der Waals surface area (Å²) in [6, 6.07) is 41.3. The fraction of sp³-hybridized carbons (Fsp3) is 0.160. The van der Waals surface area contributed by atoms with Gasteiger partial charge in [0.15, 0.2) is 0 Å². The first-order chi connectivity index (χ1) is 31.1. The van der Waals surface area contributed by atoms with Gasteiger partial charge in [-0.05, 0) is 82.9 Å². The van der Waals surface area contributed by atoms with Crippen LogP contribution in [-0.4, -0.2) is 62.8 Å². The van der Waals surface area contributed by atoms with Gasteiger partial charge in [0, 0.05) is 44.3 Å². The molecular formula is C50H44Cl2N6O8. The Morgan fingerprint density at radius 2 is 0.591 bits per heavy atom. The van der Waals surface area contributed by atoms with E-state index in [9.17, 15) is 19.2 Å². The van der Waals surface area contributed by atoms with Crippen molar-refractivity contribution in [1.82, 2.24) is 9.97 Å². The molecule has 0 radical (unpaired) electrons. The topological polar surface area (TPSA) is 144 Å². The van der Waals surface area contributed by atoms with E-state index in [0.29, 0.717) is 44.8 Å². The third kappa shape index (κ3) is 9.01. The average Bonchev–Trinajstić information content (AvgIpc) is 3.33. The van der Waals surface area contributed by atoms with Crippen molar-refractivity contribution in [1.29, 1.82) is 0 Å². The summed E-state index contributed by atoms with van der Waals surface area (Å²) in [6.45, 7) is 0.416. The van der Waals surface area contributed by atoms with E-state index < -0.39 is 24.4 Å². The second-order valence-electron chi connectivity index (χ2n) is 15.2. The molecule has 8 aromatic rings. The minimum Gasteiger partial charge on any atom is -0.452 e. The van der Waals surface area contributed by atoms with E-state index in [2.05, 4.69) is 0 Å². The SMILES string of the molecule is COC(=O)N1Cc2ccccc2CN(C(=O)OC)c2ccc3cc4ccc(cc4nc3c2)N(C(=O)OC)Cc2ccccc2CN(C(=O)OC)c2ccc3cc4ccc1cc4nc3c2.Cl.Cl. The molecule has 1 aliphatic rings. The Kier molecular flexibility index (Phi) is 13.8. The lowest BCUT2D eigenvalue weighted by Crippen LogP contribution is -2.33. The van der Waals surface area contributed by atoms with E-state index in [1.807, 2.05) is 133 Å². The summed E-state index contributed by atoms with van der Waals surface area (Å²) in [4.78, 5) is 70.5. The van der Waals surface area contributed by atoms with E-state index in [4.69, 9.17) is 28.9 Å². The molecule has 4 amide bonds. The normalized spacial score (nSPS) is 12.8. The number of halogens is 2. The van der Waals surface area contributed by atoms with E-state index in [-0.39, 0.29) is 51.0 Å². The maximum atomic E-state index is 13.6. The number of fused-ring (bicyclic) bond motifs is 6. The number of carbonyl (C=O) groups is 4. The van der Waals surface area contributed by atoms with Crippen molar-refractivity contribution in [3.05, 3.63) is 156 Å². The van der Waals surface area contributed by atoms with Crippen molar-refractivity contribution >= 4 is 116 Å². The Morgan fingerprint density at radius 1 is 0.364 bits per heavy atom. The Balaban J connectivity index is 0.00000324. The van der Waals surface area contributed by atoms with Gasteiger partial charge in [-0.25, -0.2) is 29.1 Å². The van der Waals surface area contributed by atoms with Crippen molar-refractivity contribution < 1.29 is 38.1 Å². The second kappa shape index (κ2) is 19.6. The van der Waals surface area contributed by atoms with Gasteiger partial charge < -0.3 is 18.9 Å². The Hall–Kier alpha value is -7.68. The first kappa shape index (κ1) is 46.3. The van der Waals surface area contributed by atoms with E-state index in [0.717, 1.165) is 43.8 Å². The van der Waals surface area contributed by atoms with Crippen LogP contribution in [0.5, 0.6) is 0 Å². The number of hydrogen-bond donors (Lipinski definition) is 0. The number of rotatable bonds is 0. The number of ether oxygens (including phenoxy) is 4. The van der Waals surface area contributed by atoms with Gasteiger partial charge in [-0.3, -0.25) is 19.6 Å². The number of methoxy groups -OCH3 is 4. The first-order valence-corrected chi connectivity index (χ1v) is 20.4. The molecule has 0 unspecified atom stereocenters. The summed E-state index contributed by atoms with van der Waals surface area (Å²) >= 11 is 0. The molecule has 6 aromatic carbocycles. The van der Waals surface area contributed by atoms with Crippen LogP contribution in [0.4, 0.5) is 41.9 Å². The van der Waals surface area contributed by atoms with Gasteiger partial charge >= 0.3 is 24.4 Å². The van der Waals surface area contributed by atoms with Crippen LogP contribution in [0.15, 0.2) is 133 Å². The quantitative estimate of drug-likeness (QED) is 0.106. The van der Waals surface area contributed by atoms with Gasteiger partial charge in [0.2, 0.25) is 0 Å². The number of anilines is 4. The van der Waals surface area contributed by atoms with Gasteiger partial charge in [0.05, 0.1) is 76.7 Å². The fourth-order valence-electron chi connectivity index (χ4n) is 8.17. The maximum Gasteiger partial charge on any atom is 0.414 e. The van der Waals surface area contributed by atoms with Crippen molar-refractivity contribution in [2.75, 3.05) is 48.0 Å². The van der Waals surface area contributed by atoms with Crippen LogP contribution in [0.2, 0.25) is 0 Å². The lowest BCUT2D eigenvalue weighted by Gasteiger charge is -2.26. The van der Waals surface area contributed by atoms with Crippen LogP contribution in [0.25, 0.3) is 43.6 Å². The zero-order valence-corrected chi connectivity index (χ0v) is 37.9. The van der Waals surface area contributed by atoms with E-state index in [1.54, 1.807) is 0 Å². The number of benzene rings is 6. The van der Waals surface area contributed by atoms with Crippen LogP contribution in [-0.2, 0) is 45.1 Å². The molecule has 0 fully saturated rings. The van der Waals surface area contributed by atoms with Crippen molar-refractivity contribution in [2.24, 2.45) is 0 Å². The van der Waals surface area contributed by atoms with Gasteiger partial charge in [0.25, 0.3) is 0 Å². The Labute approximate surface area is 392 Å². The zero-order valence-electron chi connectivity index (χ0n) is 36.3. The first-order valence-electron chi connectivity index (χ1n) is 20.4.